The van der Waals surface area contributed by atoms with Gasteiger partial charge in [0.15, 0.2) is 0 Å². The fourth-order valence-corrected chi connectivity index (χ4v) is 1.87. The molecule has 0 aliphatic heterocycles. The van der Waals surface area contributed by atoms with E-state index in [0.717, 1.165) is 0 Å². The standard InChI is InChI=1S/3C6H12O2.Bi/c3*1-3-5(4-2)6(7)8;/h3*5H,3-4H2,1-2H3,(H,7,8);/q;;;+3/p-3. The first-order valence-corrected chi connectivity index (χ1v) is 8.78. The number of carbonyl (C=O) groups excluding carboxylic acids is 3. The summed E-state index contributed by atoms with van der Waals surface area (Å²) < 4.78 is 0. The topological polar surface area (TPSA) is 120 Å². The molecule has 0 saturated carbocycles. The molecule has 0 aliphatic carbocycles. The summed E-state index contributed by atoms with van der Waals surface area (Å²) in [4.78, 5) is 30.2. The average Bonchev–Trinajstić information content (AvgIpc) is 2.51. The van der Waals surface area contributed by atoms with Crippen molar-refractivity contribution in [2.45, 2.75) is 80.1 Å². The second kappa shape index (κ2) is 21.3. The summed E-state index contributed by atoms with van der Waals surface area (Å²) in [6.45, 7) is 11.1. The Labute approximate surface area is 171 Å². The molecule has 0 fully saturated rings. The summed E-state index contributed by atoms with van der Waals surface area (Å²) in [5.41, 5.74) is 0. The maximum Gasteiger partial charge on any atom is 3.00 e. The van der Waals surface area contributed by atoms with E-state index >= 15 is 0 Å². The molecular weight excluding hydrogens is 521 g/mol. The summed E-state index contributed by atoms with van der Waals surface area (Å²) in [5, 5.41) is 30.2. The molecule has 0 heterocycles. The van der Waals surface area contributed by atoms with Crippen molar-refractivity contribution in [1.82, 2.24) is 0 Å². The largest absolute Gasteiger partial charge is 3.00 e. The Morgan fingerprint density at radius 3 is 0.640 bits per heavy atom. The van der Waals surface area contributed by atoms with Crippen LogP contribution in [-0.4, -0.2) is 44.1 Å². The van der Waals surface area contributed by atoms with Crippen LogP contribution in [0, 0.1) is 17.8 Å². The van der Waals surface area contributed by atoms with Crippen LogP contribution in [0.25, 0.3) is 0 Å². The molecule has 0 atom stereocenters. The normalized spacial score (nSPS) is 9.48. The Balaban J connectivity index is -0.000000130. The van der Waals surface area contributed by atoms with Crippen LogP contribution in [0.1, 0.15) is 80.1 Å². The molecule has 7 heteroatoms. The fourth-order valence-electron chi connectivity index (χ4n) is 1.87. The van der Waals surface area contributed by atoms with Gasteiger partial charge in [0.05, 0.1) is 0 Å². The van der Waals surface area contributed by atoms with E-state index in [0.29, 0.717) is 38.5 Å². The smallest absolute Gasteiger partial charge is 0.550 e. The van der Waals surface area contributed by atoms with Gasteiger partial charge in [-0.25, -0.2) is 0 Å². The molecule has 0 aliphatic rings. The molecule has 0 spiro atoms. The molecule has 0 rings (SSSR count). The van der Waals surface area contributed by atoms with Crippen LogP contribution >= 0.6 is 0 Å². The van der Waals surface area contributed by atoms with Crippen LogP contribution in [0.2, 0.25) is 0 Å². The predicted molar refractivity (Wildman–Crippen MR) is 93.0 cm³/mol. The summed E-state index contributed by atoms with van der Waals surface area (Å²) >= 11 is 0. The van der Waals surface area contributed by atoms with Crippen molar-refractivity contribution in [2.24, 2.45) is 17.8 Å². The molecule has 0 aromatic carbocycles. The summed E-state index contributed by atoms with van der Waals surface area (Å²) in [6, 6.07) is 0. The minimum absolute atomic E-state index is 0. The van der Waals surface area contributed by atoms with Gasteiger partial charge in [-0.05, 0) is 56.3 Å². The molecule has 0 unspecified atom stereocenters. The molecule has 6 nitrogen and oxygen atoms in total. The first-order valence-electron chi connectivity index (χ1n) is 8.78. The molecular formula is C18H33BiO6. The van der Waals surface area contributed by atoms with E-state index < -0.39 is 17.9 Å². The number of rotatable bonds is 9. The number of carboxylic acids is 3. The van der Waals surface area contributed by atoms with Crippen LogP contribution in [0.15, 0.2) is 0 Å². The van der Waals surface area contributed by atoms with Gasteiger partial charge in [0.25, 0.3) is 0 Å². The van der Waals surface area contributed by atoms with Crippen molar-refractivity contribution in [1.29, 1.82) is 0 Å². The first-order chi connectivity index (χ1) is 11.2. The van der Waals surface area contributed by atoms with Crippen molar-refractivity contribution in [3.8, 4) is 0 Å². The van der Waals surface area contributed by atoms with E-state index in [1.54, 1.807) is 0 Å². The molecule has 2 radical (unpaired) electrons. The van der Waals surface area contributed by atoms with E-state index in [-0.39, 0.29) is 44.0 Å². The van der Waals surface area contributed by atoms with Gasteiger partial charge in [-0.3, -0.25) is 0 Å². The van der Waals surface area contributed by atoms with Gasteiger partial charge in [-0.1, -0.05) is 41.5 Å². The van der Waals surface area contributed by atoms with Crippen molar-refractivity contribution >= 4 is 44.1 Å². The zero-order valence-corrected chi connectivity index (χ0v) is 19.8. The maximum absolute atomic E-state index is 10.1. The third-order valence-corrected chi connectivity index (χ3v) is 3.96. The SMILES string of the molecule is CCC(CC)C(=O)[O-].CCC(CC)C(=O)[O-].CCC(CC)C(=O)[O-].[Bi+3]. The van der Waals surface area contributed by atoms with E-state index in [4.69, 9.17) is 0 Å². The summed E-state index contributed by atoms with van der Waals surface area (Å²) in [6.07, 6.45) is 4.08. The molecule has 0 saturated heterocycles. The van der Waals surface area contributed by atoms with Gasteiger partial charge >= 0.3 is 26.2 Å². The Hall–Kier alpha value is -0.707. The Bertz CT molecular complexity index is 282. The van der Waals surface area contributed by atoms with Crippen molar-refractivity contribution in [3.05, 3.63) is 0 Å². The molecule has 25 heavy (non-hydrogen) atoms. The Morgan fingerprint density at radius 2 is 0.640 bits per heavy atom. The second-order valence-electron chi connectivity index (χ2n) is 5.50. The number of carboxylic acid groups (broad SMARTS) is 3. The first kappa shape index (κ1) is 32.0. The molecule has 146 valence electrons. The molecule has 0 aromatic rings. The quantitative estimate of drug-likeness (QED) is 0.374. The summed E-state index contributed by atoms with van der Waals surface area (Å²) in [7, 11) is 0. The number of aliphatic carboxylic acids is 3. The second-order valence-corrected chi connectivity index (χ2v) is 5.50. The van der Waals surface area contributed by atoms with Gasteiger partial charge < -0.3 is 29.7 Å². The zero-order chi connectivity index (χ0) is 19.7. The fraction of sp³-hybridized carbons (Fsp3) is 0.833. The van der Waals surface area contributed by atoms with E-state index in [2.05, 4.69) is 0 Å². The molecule has 0 amide bonds. The van der Waals surface area contributed by atoms with Crippen molar-refractivity contribution in [2.75, 3.05) is 0 Å². The van der Waals surface area contributed by atoms with Gasteiger partial charge in [0, 0.05) is 17.9 Å². The summed E-state index contributed by atoms with van der Waals surface area (Å²) in [5.74, 6) is -3.49. The van der Waals surface area contributed by atoms with E-state index in [9.17, 15) is 29.7 Å². The molecule has 0 N–H and O–H groups in total. The van der Waals surface area contributed by atoms with Crippen LogP contribution in [-0.2, 0) is 14.4 Å². The van der Waals surface area contributed by atoms with Gasteiger partial charge in [0.1, 0.15) is 0 Å². The van der Waals surface area contributed by atoms with Crippen molar-refractivity contribution in [3.63, 3.8) is 0 Å². The predicted octanol–water partition coefficient (Wildman–Crippen LogP) is 0.137. The monoisotopic (exact) mass is 554 g/mol. The van der Waals surface area contributed by atoms with Crippen LogP contribution in [0.5, 0.6) is 0 Å². The maximum atomic E-state index is 10.1. The number of hydrogen-bond acceptors (Lipinski definition) is 6. The van der Waals surface area contributed by atoms with Gasteiger partial charge in [-0.2, -0.15) is 0 Å². The van der Waals surface area contributed by atoms with Gasteiger partial charge in [-0.15, -0.1) is 0 Å². The Kier molecular flexibility index (Phi) is 27.3. The van der Waals surface area contributed by atoms with E-state index in [1.807, 2.05) is 41.5 Å². The zero-order valence-electron chi connectivity index (χ0n) is 16.4. The van der Waals surface area contributed by atoms with Crippen molar-refractivity contribution < 1.29 is 29.7 Å². The number of carbonyl (C=O) groups is 3. The molecule has 0 aromatic heterocycles. The third kappa shape index (κ3) is 19.5. The Morgan fingerprint density at radius 1 is 0.520 bits per heavy atom. The van der Waals surface area contributed by atoms with Crippen LogP contribution < -0.4 is 15.3 Å². The van der Waals surface area contributed by atoms with Crippen LogP contribution in [0.4, 0.5) is 0 Å². The molecule has 0 bridgehead atoms. The third-order valence-electron chi connectivity index (χ3n) is 3.96. The van der Waals surface area contributed by atoms with Gasteiger partial charge in [0.2, 0.25) is 0 Å². The van der Waals surface area contributed by atoms with Crippen LogP contribution in [0.3, 0.4) is 0 Å². The minimum Gasteiger partial charge on any atom is -0.550 e. The minimum atomic E-state index is -0.921. The number of hydrogen-bond donors (Lipinski definition) is 0. The van der Waals surface area contributed by atoms with E-state index in [1.165, 1.54) is 0 Å². The average molecular weight is 554 g/mol.